The van der Waals surface area contributed by atoms with Gasteiger partial charge in [-0.15, -0.1) is 0 Å². The smallest absolute Gasteiger partial charge is 0.212 e. The molecule has 0 bridgehead atoms. The summed E-state index contributed by atoms with van der Waals surface area (Å²) in [5.74, 6) is 1.49. The standard InChI is InChI=1S/C21H23N5O/c1-27-21-8-7-16(12-24-21)14-26-10-9-22-19-11-20(23-13-17(19)15-26)25-18-5-3-2-4-6-18/h2-8,11-13,22H,9-10,14-15H2,1H3,(H,23,25). The Morgan fingerprint density at radius 2 is 2.00 bits per heavy atom. The molecule has 2 aromatic heterocycles. The Bertz CT molecular complexity index is 883. The molecule has 6 heteroatoms. The fraction of sp³-hybridized carbons (Fsp3) is 0.238. The van der Waals surface area contributed by atoms with Gasteiger partial charge in [-0.3, -0.25) is 4.90 Å². The monoisotopic (exact) mass is 361 g/mol. The van der Waals surface area contributed by atoms with Crippen LogP contribution < -0.4 is 15.4 Å². The maximum atomic E-state index is 5.13. The van der Waals surface area contributed by atoms with Crippen LogP contribution in [0.25, 0.3) is 0 Å². The molecule has 4 rings (SSSR count). The largest absolute Gasteiger partial charge is 0.481 e. The van der Waals surface area contributed by atoms with Crippen molar-refractivity contribution < 1.29 is 4.74 Å². The molecule has 1 aliphatic rings. The van der Waals surface area contributed by atoms with E-state index in [9.17, 15) is 0 Å². The highest BCUT2D eigenvalue weighted by Crippen LogP contribution is 2.25. The molecule has 0 spiro atoms. The van der Waals surface area contributed by atoms with Gasteiger partial charge in [-0.25, -0.2) is 9.97 Å². The van der Waals surface area contributed by atoms with Crippen LogP contribution >= 0.6 is 0 Å². The number of anilines is 3. The van der Waals surface area contributed by atoms with Crippen LogP contribution in [-0.2, 0) is 13.1 Å². The van der Waals surface area contributed by atoms with Gasteiger partial charge in [0, 0.05) is 67.6 Å². The lowest BCUT2D eigenvalue weighted by atomic mass is 10.2. The molecular formula is C21H23N5O. The van der Waals surface area contributed by atoms with E-state index in [0.29, 0.717) is 5.88 Å². The quantitative estimate of drug-likeness (QED) is 0.723. The summed E-state index contributed by atoms with van der Waals surface area (Å²) in [4.78, 5) is 11.3. The number of nitrogens with one attached hydrogen (secondary N) is 2. The highest BCUT2D eigenvalue weighted by atomic mass is 16.5. The molecule has 138 valence electrons. The molecule has 0 atom stereocenters. The van der Waals surface area contributed by atoms with Crippen molar-refractivity contribution in [1.82, 2.24) is 14.9 Å². The van der Waals surface area contributed by atoms with E-state index >= 15 is 0 Å². The van der Waals surface area contributed by atoms with Crippen molar-refractivity contribution in [1.29, 1.82) is 0 Å². The van der Waals surface area contributed by atoms with Crippen LogP contribution in [0.1, 0.15) is 11.1 Å². The second-order valence-corrected chi connectivity index (χ2v) is 6.56. The Hall–Kier alpha value is -3.12. The molecule has 0 saturated heterocycles. The molecule has 0 fully saturated rings. The lowest BCUT2D eigenvalue weighted by Gasteiger charge is -2.19. The van der Waals surface area contributed by atoms with Crippen molar-refractivity contribution in [3.05, 3.63) is 72.1 Å². The Morgan fingerprint density at radius 3 is 2.78 bits per heavy atom. The first-order valence-electron chi connectivity index (χ1n) is 9.06. The number of benzene rings is 1. The summed E-state index contributed by atoms with van der Waals surface area (Å²) in [6.45, 7) is 3.56. The molecule has 3 heterocycles. The number of aromatic nitrogens is 2. The summed E-state index contributed by atoms with van der Waals surface area (Å²) in [7, 11) is 1.63. The van der Waals surface area contributed by atoms with E-state index in [0.717, 1.165) is 43.4 Å². The molecule has 0 unspecified atom stereocenters. The van der Waals surface area contributed by atoms with E-state index in [1.165, 1.54) is 11.1 Å². The SMILES string of the molecule is COc1ccc(CN2CCNc3cc(Nc4ccccc4)ncc3C2)cn1. The fourth-order valence-electron chi connectivity index (χ4n) is 3.20. The summed E-state index contributed by atoms with van der Waals surface area (Å²) >= 11 is 0. The molecule has 0 aliphatic carbocycles. The first-order chi connectivity index (χ1) is 13.3. The number of rotatable bonds is 5. The number of pyridine rings is 2. The van der Waals surface area contributed by atoms with Crippen molar-refractivity contribution in [2.45, 2.75) is 13.1 Å². The average Bonchev–Trinajstić information content (AvgIpc) is 2.91. The highest BCUT2D eigenvalue weighted by Gasteiger charge is 2.15. The van der Waals surface area contributed by atoms with E-state index in [-0.39, 0.29) is 0 Å². The van der Waals surface area contributed by atoms with Crippen LogP contribution in [0.2, 0.25) is 0 Å². The fourth-order valence-corrected chi connectivity index (χ4v) is 3.20. The maximum Gasteiger partial charge on any atom is 0.212 e. The number of para-hydroxylation sites is 1. The van der Waals surface area contributed by atoms with Gasteiger partial charge in [0.2, 0.25) is 5.88 Å². The third-order valence-electron chi connectivity index (χ3n) is 4.58. The summed E-state index contributed by atoms with van der Waals surface area (Å²) in [5, 5.41) is 6.88. The van der Waals surface area contributed by atoms with Gasteiger partial charge < -0.3 is 15.4 Å². The Balaban J connectivity index is 1.45. The van der Waals surface area contributed by atoms with Crippen molar-refractivity contribution in [2.24, 2.45) is 0 Å². The van der Waals surface area contributed by atoms with E-state index in [4.69, 9.17) is 4.74 Å². The van der Waals surface area contributed by atoms with Crippen LogP contribution in [0.3, 0.4) is 0 Å². The second kappa shape index (κ2) is 8.05. The summed E-state index contributed by atoms with van der Waals surface area (Å²) < 4.78 is 5.13. The third-order valence-corrected chi connectivity index (χ3v) is 4.58. The van der Waals surface area contributed by atoms with Gasteiger partial charge in [0.1, 0.15) is 5.82 Å². The van der Waals surface area contributed by atoms with Gasteiger partial charge in [0.15, 0.2) is 0 Å². The van der Waals surface area contributed by atoms with Gasteiger partial charge >= 0.3 is 0 Å². The second-order valence-electron chi connectivity index (χ2n) is 6.56. The van der Waals surface area contributed by atoms with Crippen LogP contribution in [0, 0.1) is 0 Å². The zero-order chi connectivity index (χ0) is 18.5. The number of hydrogen-bond donors (Lipinski definition) is 2. The van der Waals surface area contributed by atoms with Gasteiger partial charge in [0.25, 0.3) is 0 Å². The number of ether oxygens (including phenoxy) is 1. The zero-order valence-corrected chi connectivity index (χ0v) is 15.4. The summed E-state index contributed by atoms with van der Waals surface area (Å²) in [5.41, 5.74) is 4.55. The molecule has 0 radical (unpaired) electrons. The van der Waals surface area contributed by atoms with Gasteiger partial charge in [0.05, 0.1) is 7.11 Å². The molecule has 0 amide bonds. The molecule has 27 heavy (non-hydrogen) atoms. The minimum absolute atomic E-state index is 0.643. The molecule has 3 aromatic rings. The van der Waals surface area contributed by atoms with E-state index in [1.54, 1.807) is 7.11 Å². The van der Waals surface area contributed by atoms with E-state index in [2.05, 4.69) is 37.6 Å². The van der Waals surface area contributed by atoms with Gasteiger partial charge in [-0.05, 0) is 17.7 Å². The minimum atomic E-state index is 0.643. The van der Waals surface area contributed by atoms with E-state index < -0.39 is 0 Å². The lowest BCUT2D eigenvalue weighted by molar-refractivity contribution is 0.271. The lowest BCUT2D eigenvalue weighted by Crippen LogP contribution is -2.25. The predicted octanol–water partition coefficient (Wildman–Crippen LogP) is 3.66. The molecule has 0 saturated carbocycles. The van der Waals surface area contributed by atoms with Crippen LogP contribution in [0.15, 0.2) is 60.9 Å². The highest BCUT2D eigenvalue weighted by molar-refractivity contribution is 5.63. The zero-order valence-electron chi connectivity index (χ0n) is 15.4. The minimum Gasteiger partial charge on any atom is -0.481 e. The van der Waals surface area contributed by atoms with Gasteiger partial charge in [-0.2, -0.15) is 0 Å². The van der Waals surface area contributed by atoms with Crippen LogP contribution in [0.5, 0.6) is 5.88 Å². The number of nitrogens with zero attached hydrogens (tertiary/aromatic N) is 3. The van der Waals surface area contributed by atoms with Crippen molar-refractivity contribution in [3.63, 3.8) is 0 Å². The molecule has 1 aromatic carbocycles. The van der Waals surface area contributed by atoms with Gasteiger partial charge in [-0.1, -0.05) is 24.3 Å². The van der Waals surface area contributed by atoms with Crippen molar-refractivity contribution in [2.75, 3.05) is 30.8 Å². The Labute approximate surface area is 159 Å². The Kier molecular flexibility index (Phi) is 5.16. The normalized spacial score (nSPS) is 14.0. The topological polar surface area (TPSA) is 62.3 Å². The van der Waals surface area contributed by atoms with E-state index in [1.807, 2.05) is 48.8 Å². The van der Waals surface area contributed by atoms with Crippen LogP contribution in [-0.4, -0.2) is 35.1 Å². The number of fused-ring (bicyclic) bond motifs is 1. The third kappa shape index (κ3) is 4.35. The molecule has 6 nitrogen and oxygen atoms in total. The Morgan fingerprint density at radius 1 is 1.11 bits per heavy atom. The molecular weight excluding hydrogens is 338 g/mol. The predicted molar refractivity (Wildman–Crippen MR) is 107 cm³/mol. The number of hydrogen-bond acceptors (Lipinski definition) is 6. The van der Waals surface area contributed by atoms with Crippen molar-refractivity contribution >= 4 is 17.2 Å². The molecule has 2 N–H and O–H groups in total. The summed E-state index contributed by atoms with van der Waals surface area (Å²) in [6, 6.07) is 16.1. The molecule has 1 aliphatic heterocycles. The average molecular weight is 361 g/mol. The first kappa shape index (κ1) is 17.3. The first-order valence-corrected chi connectivity index (χ1v) is 9.06. The maximum absolute atomic E-state index is 5.13. The van der Waals surface area contributed by atoms with Crippen molar-refractivity contribution in [3.8, 4) is 5.88 Å². The number of methoxy groups -OCH3 is 1. The van der Waals surface area contributed by atoms with Crippen LogP contribution in [0.4, 0.5) is 17.2 Å². The summed E-state index contributed by atoms with van der Waals surface area (Å²) in [6.07, 6.45) is 3.83.